The lowest BCUT2D eigenvalue weighted by Gasteiger charge is -2.54. The Bertz CT molecular complexity index is 1070. The van der Waals surface area contributed by atoms with Crippen LogP contribution in [0, 0.1) is 35.0 Å². The molecule has 1 amide bonds. The van der Waals surface area contributed by atoms with Gasteiger partial charge in [0.2, 0.25) is 11.6 Å². The first-order valence-corrected chi connectivity index (χ1v) is 13.0. The van der Waals surface area contributed by atoms with Crippen molar-refractivity contribution < 1.29 is 9.18 Å². The zero-order valence-corrected chi connectivity index (χ0v) is 20.2. The van der Waals surface area contributed by atoms with Gasteiger partial charge in [-0.05, 0) is 74.8 Å². The van der Waals surface area contributed by atoms with E-state index in [1.807, 2.05) is 17.9 Å². The standard InChI is InChI=1S/C27H33FN6O/c1-17-15-33(23-4-2-3-6-27(23,28)16-29)8-9-34(17)26-30-7-5-22(31-26)25(35)32-24-20-11-18-10-19(13-20)14-21(24)12-18/h2-7,17-21,23-24H,8-15H2,1H3,(H,32,35)/t17-,18?,19?,20?,21?,23?,24?,27?/m1/s1. The summed E-state index contributed by atoms with van der Waals surface area (Å²) in [5, 5.41) is 12.8. The van der Waals surface area contributed by atoms with Crippen LogP contribution in [0.1, 0.15) is 49.5 Å². The maximum Gasteiger partial charge on any atom is 0.270 e. The van der Waals surface area contributed by atoms with Gasteiger partial charge in [-0.25, -0.2) is 14.4 Å². The van der Waals surface area contributed by atoms with Crippen LogP contribution >= 0.6 is 0 Å². The number of amides is 1. The summed E-state index contributed by atoms with van der Waals surface area (Å²) in [5.41, 5.74) is -1.62. The van der Waals surface area contributed by atoms with Crippen LogP contribution in [0.4, 0.5) is 10.3 Å². The first kappa shape index (κ1) is 22.7. The van der Waals surface area contributed by atoms with E-state index < -0.39 is 11.7 Å². The number of nitriles is 1. The Balaban J connectivity index is 1.13. The van der Waals surface area contributed by atoms with Crippen LogP contribution in [-0.2, 0) is 0 Å². The quantitative estimate of drug-likeness (QED) is 0.718. The second kappa shape index (κ2) is 8.70. The van der Waals surface area contributed by atoms with E-state index in [2.05, 4.69) is 20.2 Å². The highest BCUT2D eigenvalue weighted by Crippen LogP contribution is 2.53. The summed E-state index contributed by atoms with van der Waals surface area (Å²) in [4.78, 5) is 26.4. The van der Waals surface area contributed by atoms with Crippen LogP contribution in [0.2, 0.25) is 0 Å². The van der Waals surface area contributed by atoms with Crippen molar-refractivity contribution in [3.63, 3.8) is 0 Å². The minimum absolute atomic E-state index is 0.00809. The lowest BCUT2D eigenvalue weighted by Crippen LogP contribution is -2.59. The molecule has 0 aromatic carbocycles. The maximum absolute atomic E-state index is 15.1. The zero-order valence-electron chi connectivity index (χ0n) is 20.2. The third-order valence-corrected chi connectivity index (χ3v) is 9.05. The number of nitrogens with zero attached hydrogens (tertiary/aromatic N) is 5. The molecule has 2 unspecified atom stereocenters. The number of allylic oxidation sites excluding steroid dienone is 2. The van der Waals surface area contributed by atoms with Gasteiger partial charge in [-0.15, -0.1) is 0 Å². The van der Waals surface area contributed by atoms with Gasteiger partial charge in [-0.2, -0.15) is 5.26 Å². The van der Waals surface area contributed by atoms with Gasteiger partial charge in [0, 0.05) is 37.9 Å². The fraction of sp³-hybridized carbons (Fsp3) is 0.630. The Morgan fingerprint density at radius 1 is 1.17 bits per heavy atom. The predicted octanol–water partition coefficient (Wildman–Crippen LogP) is 3.27. The largest absolute Gasteiger partial charge is 0.347 e. The average Bonchev–Trinajstić information content (AvgIpc) is 2.86. The minimum atomic E-state index is -2.02. The first-order chi connectivity index (χ1) is 16.9. The van der Waals surface area contributed by atoms with Gasteiger partial charge < -0.3 is 10.2 Å². The van der Waals surface area contributed by atoms with Crippen LogP contribution in [0.3, 0.4) is 0 Å². The molecular formula is C27H33FN6O. The molecule has 4 saturated carbocycles. The summed E-state index contributed by atoms with van der Waals surface area (Å²) in [6.07, 6.45) is 14.6. The number of nitrogens with one attached hydrogen (secondary N) is 1. The molecule has 0 radical (unpaired) electrons. The number of rotatable bonds is 4. The zero-order chi connectivity index (χ0) is 24.2. The van der Waals surface area contributed by atoms with Crippen LogP contribution in [0.5, 0.6) is 0 Å². The summed E-state index contributed by atoms with van der Waals surface area (Å²) < 4.78 is 15.1. The Kier molecular flexibility index (Phi) is 5.63. The third-order valence-electron chi connectivity index (χ3n) is 9.05. The molecule has 1 aromatic heterocycles. The highest BCUT2D eigenvalue weighted by molar-refractivity contribution is 5.92. The van der Waals surface area contributed by atoms with Crippen molar-refractivity contribution in [2.45, 2.75) is 62.8 Å². The molecule has 1 aliphatic heterocycles. The molecule has 3 atom stereocenters. The average molecular weight is 477 g/mol. The number of anilines is 1. The van der Waals surface area contributed by atoms with E-state index >= 15 is 4.39 Å². The van der Waals surface area contributed by atoms with Crippen molar-refractivity contribution in [2.75, 3.05) is 24.5 Å². The van der Waals surface area contributed by atoms with Gasteiger partial charge in [0.25, 0.3) is 5.91 Å². The summed E-state index contributed by atoms with van der Waals surface area (Å²) in [7, 11) is 0. The van der Waals surface area contributed by atoms with Gasteiger partial charge in [0.15, 0.2) is 0 Å². The van der Waals surface area contributed by atoms with Crippen molar-refractivity contribution in [3.05, 3.63) is 42.3 Å². The molecule has 4 bridgehead atoms. The lowest BCUT2D eigenvalue weighted by atomic mass is 9.54. The molecule has 5 fully saturated rings. The molecule has 2 heterocycles. The molecular weight excluding hydrogens is 443 g/mol. The molecule has 1 aromatic rings. The molecule has 184 valence electrons. The van der Waals surface area contributed by atoms with Crippen molar-refractivity contribution in [3.8, 4) is 6.07 Å². The van der Waals surface area contributed by atoms with Crippen LogP contribution in [-0.4, -0.2) is 64.2 Å². The summed E-state index contributed by atoms with van der Waals surface area (Å²) in [6, 6.07) is 3.19. The van der Waals surface area contributed by atoms with E-state index in [4.69, 9.17) is 0 Å². The molecule has 35 heavy (non-hydrogen) atoms. The summed E-state index contributed by atoms with van der Waals surface area (Å²) in [6.45, 7) is 3.79. The lowest BCUT2D eigenvalue weighted by molar-refractivity contribution is -0.0120. The van der Waals surface area contributed by atoms with E-state index in [-0.39, 0.29) is 18.0 Å². The summed E-state index contributed by atoms with van der Waals surface area (Å²) >= 11 is 0. The molecule has 6 aliphatic rings. The Morgan fingerprint density at radius 3 is 2.60 bits per heavy atom. The van der Waals surface area contributed by atoms with E-state index in [9.17, 15) is 10.1 Å². The van der Waals surface area contributed by atoms with Gasteiger partial charge in [0.05, 0.1) is 6.04 Å². The minimum Gasteiger partial charge on any atom is -0.347 e. The monoisotopic (exact) mass is 476 g/mol. The van der Waals surface area contributed by atoms with Gasteiger partial charge in [-0.1, -0.05) is 18.2 Å². The van der Waals surface area contributed by atoms with Crippen molar-refractivity contribution in [1.82, 2.24) is 20.2 Å². The molecule has 8 heteroatoms. The highest BCUT2D eigenvalue weighted by atomic mass is 19.1. The number of halogens is 1. The number of piperazine rings is 1. The van der Waals surface area contributed by atoms with Crippen molar-refractivity contribution in [1.29, 1.82) is 5.26 Å². The van der Waals surface area contributed by atoms with E-state index in [1.165, 1.54) is 38.2 Å². The molecule has 1 N–H and O–H groups in total. The van der Waals surface area contributed by atoms with Crippen LogP contribution in [0.15, 0.2) is 36.6 Å². The van der Waals surface area contributed by atoms with E-state index in [0.717, 1.165) is 11.8 Å². The SMILES string of the molecule is C[C@@H]1CN(C2C=CC=CC2(F)C#N)CCN1c1nccc(C(=O)NC2C3CC4CC(C3)CC2C4)n1. The number of hydrogen-bond acceptors (Lipinski definition) is 6. The van der Waals surface area contributed by atoms with Crippen LogP contribution in [0.25, 0.3) is 0 Å². The van der Waals surface area contributed by atoms with Gasteiger partial charge in [-0.3, -0.25) is 9.69 Å². The smallest absolute Gasteiger partial charge is 0.270 e. The maximum atomic E-state index is 15.1. The fourth-order valence-electron chi connectivity index (χ4n) is 7.63. The highest BCUT2D eigenvalue weighted by Gasteiger charge is 2.49. The number of hydrogen-bond donors (Lipinski definition) is 1. The van der Waals surface area contributed by atoms with Crippen molar-refractivity contribution in [2.24, 2.45) is 23.7 Å². The number of carbonyl (C=O) groups excluding carboxylic acids is 1. The van der Waals surface area contributed by atoms with Crippen LogP contribution < -0.4 is 10.2 Å². The Hall–Kier alpha value is -2.79. The normalized spacial score (nSPS) is 40.0. The summed E-state index contributed by atoms with van der Waals surface area (Å²) in [5.74, 6) is 3.39. The fourth-order valence-corrected chi connectivity index (χ4v) is 7.63. The molecule has 5 aliphatic carbocycles. The third kappa shape index (κ3) is 4.04. The molecule has 7 rings (SSSR count). The Morgan fingerprint density at radius 2 is 1.91 bits per heavy atom. The van der Waals surface area contributed by atoms with E-state index in [1.54, 1.807) is 30.5 Å². The second-order valence-corrected chi connectivity index (χ2v) is 11.3. The number of alkyl halides is 1. The predicted molar refractivity (Wildman–Crippen MR) is 130 cm³/mol. The van der Waals surface area contributed by atoms with Crippen molar-refractivity contribution >= 4 is 11.9 Å². The first-order valence-electron chi connectivity index (χ1n) is 13.0. The Labute approximate surface area is 206 Å². The van der Waals surface area contributed by atoms with Gasteiger partial charge in [0.1, 0.15) is 11.8 Å². The molecule has 0 spiro atoms. The molecule has 1 saturated heterocycles. The second-order valence-electron chi connectivity index (χ2n) is 11.3. The van der Waals surface area contributed by atoms with Gasteiger partial charge >= 0.3 is 0 Å². The topological polar surface area (TPSA) is 85.2 Å². The number of carbonyl (C=O) groups is 1. The molecule has 7 nitrogen and oxygen atoms in total. The number of aromatic nitrogens is 2. The van der Waals surface area contributed by atoms with E-state index in [0.29, 0.717) is 43.1 Å².